The number of benzene rings is 1. The summed E-state index contributed by atoms with van der Waals surface area (Å²) in [6.45, 7) is 0.927. The number of sulfonamides is 1. The van der Waals surface area contributed by atoms with Crippen LogP contribution >= 0.6 is 35.8 Å². The molecule has 18 heavy (non-hydrogen) atoms. The molecule has 0 amide bonds. The zero-order valence-electron chi connectivity index (χ0n) is 10.1. The lowest BCUT2D eigenvalue weighted by Crippen LogP contribution is -2.30. The van der Waals surface area contributed by atoms with Crippen LogP contribution in [0.25, 0.3) is 0 Å². The highest BCUT2D eigenvalue weighted by molar-refractivity contribution is 7.98. The molecule has 0 fully saturated rings. The fourth-order valence-electron chi connectivity index (χ4n) is 1.21. The Morgan fingerprint density at radius 1 is 1.33 bits per heavy atom. The van der Waals surface area contributed by atoms with E-state index in [-0.39, 0.29) is 17.3 Å². The average molecular weight is 331 g/mol. The standard InChI is InChI=1S/C10H15ClN2O2S2.ClH/c1-12-5-6-13-17(14,15)8-3-4-10(16-2)9(11)7-8;/h3-4,7,12-13H,5-6H2,1-2H3;1H. The SMILES string of the molecule is CNCCNS(=O)(=O)c1ccc(SC)c(Cl)c1.Cl. The molecule has 0 spiro atoms. The second-order valence-electron chi connectivity index (χ2n) is 3.30. The molecular formula is C10H16Cl2N2O2S2. The third-order valence-electron chi connectivity index (χ3n) is 2.10. The molecule has 4 nitrogen and oxygen atoms in total. The maximum atomic E-state index is 11.9. The van der Waals surface area contributed by atoms with Gasteiger partial charge in [-0.15, -0.1) is 24.2 Å². The molecule has 0 saturated heterocycles. The Kier molecular flexibility index (Phi) is 8.25. The summed E-state index contributed by atoms with van der Waals surface area (Å²) in [6, 6.07) is 4.73. The van der Waals surface area contributed by atoms with Crippen molar-refractivity contribution in [3.05, 3.63) is 23.2 Å². The molecule has 1 rings (SSSR count). The minimum atomic E-state index is -3.46. The van der Waals surface area contributed by atoms with Crippen LogP contribution in [0.2, 0.25) is 5.02 Å². The van der Waals surface area contributed by atoms with Gasteiger partial charge in [0.1, 0.15) is 0 Å². The van der Waals surface area contributed by atoms with Crippen LogP contribution in [0.15, 0.2) is 28.0 Å². The first-order chi connectivity index (χ1) is 8.01. The van der Waals surface area contributed by atoms with Gasteiger partial charge in [0.25, 0.3) is 0 Å². The average Bonchev–Trinajstić information content (AvgIpc) is 2.29. The maximum Gasteiger partial charge on any atom is 0.240 e. The zero-order chi connectivity index (χ0) is 12.9. The first-order valence-electron chi connectivity index (χ1n) is 4.99. The van der Waals surface area contributed by atoms with E-state index in [0.29, 0.717) is 18.1 Å². The summed E-state index contributed by atoms with van der Waals surface area (Å²) >= 11 is 7.45. The highest BCUT2D eigenvalue weighted by atomic mass is 35.5. The molecular weight excluding hydrogens is 315 g/mol. The summed E-state index contributed by atoms with van der Waals surface area (Å²) in [6.07, 6.45) is 1.89. The second-order valence-corrected chi connectivity index (χ2v) is 6.32. The molecule has 0 aliphatic heterocycles. The maximum absolute atomic E-state index is 11.9. The number of thioether (sulfide) groups is 1. The van der Waals surface area contributed by atoms with E-state index in [1.165, 1.54) is 17.8 Å². The Morgan fingerprint density at radius 3 is 2.50 bits per heavy atom. The second kappa shape index (κ2) is 8.24. The molecule has 0 atom stereocenters. The van der Waals surface area contributed by atoms with Crippen LogP contribution in [0.3, 0.4) is 0 Å². The minimum absolute atomic E-state index is 0. The lowest BCUT2D eigenvalue weighted by atomic mass is 10.4. The van der Waals surface area contributed by atoms with E-state index >= 15 is 0 Å². The van der Waals surface area contributed by atoms with Gasteiger partial charge >= 0.3 is 0 Å². The Balaban J connectivity index is 0.00000289. The van der Waals surface area contributed by atoms with Crippen molar-refractivity contribution in [1.29, 1.82) is 0 Å². The van der Waals surface area contributed by atoms with Gasteiger partial charge in [-0.05, 0) is 31.5 Å². The van der Waals surface area contributed by atoms with Gasteiger partial charge in [0.15, 0.2) is 0 Å². The van der Waals surface area contributed by atoms with E-state index in [0.717, 1.165) is 4.90 Å². The molecule has 8 heteroatoms. The van der Waals surface area contributed by atoms with Gasteiger partial charge in [-0.25, -0.2) is 13.1 Å². The normalized spacial score (nSPS) is 11.1. The molecule has 1 aromatic carbocycles. The first kappa shape index (κ1) is 18.0. The predicted octanol–water partition coefficient (Wildman–Crippen LogP) is 1.98. The van der Waals surface area contributed by atoms with Gasteiger partial charge in [-0.3, -0.25) is 0 Å². The predicted molar refractivity (Wildman–Crippen MR) is 79.6 cm³/mol. The molecule has 0 aliphatic carbocycles. The summed E-state index contributed by atoms with van der Waals surface area (Å²) in [5, 5.41) is 3.32. The van der Waals surface area contributed by atoms with Gasteiger partial charge in [0.2, 0.25) is 10.0 Å². The Hall–Kier alpha value is 0.0200. The number of rotatable bonds is 6. The van der Waals surface area contributed by atoms with Crippen LogP contribution in [0.4, 0.5) is 0 Å². The van der Waals surface area contributed by atoms with Crippen molar-refractivity contribution < 1.29 is 8.42 Å². The topological polar surface area (TPSA) is 58.2 Å². The van der Waals surface area contributed by atoms with Crippen molar-refractivity contribution >= 4 is 45.8 Å². The Morgan fingerprint density at radius 2 is 2.00 bits per heavy atom. The molecule has 0 aliphatic rings. The van der Waals surface area contributed by atoms with Gasteiger partial charge in [-0.1, -0.05) is 11.6 Å². The quantitative estimate of drug-likeness (QED) is 0.618. The molecule has 2 N–H and O–H groups in total. The van der Waals surface area contributed by atoms with Crippen LogP contribution in [-0.4, -0.2) is 34.8 Å². The van der Waals surface area contributed by atoms with Crippen molar-refractivity contribution in [3.8, 4) is 0 Å². The Labute approximate surface area is 123 Å². The van der Waals surface area contributed by atoms with Gasteiger partial charge in [-0.2, -0.15) is 0 Å². The highest BCUT2D eigenvalue weighted by Crippen LogP contribution is 2.27. The number of nitrogens with one attached hydrogen (secondary N) is 2. The van der Waals surface area contributed by atoms with Crippen LogP contribution in [-0.2, 0) is 10.0 Å². The Bertz CT molecular complexity index is 481. The lowest BCUT2D eigenvalue weighted by molar-refractivity contribution is 0.579. The highest BCUT2D eigenvalue weighted by Gasteiger charge is 2.14. The largest absolute Gasteiger partial charge is 0.318 e. The number of hydrogen-bond donors (Lipinski definition) is 2. The number of likely N-dealkylation sites (N-methyl/N-ethyl adjacent to an activating group) is 1. The summed E-state index contributed by atoms with van der Waals surface area (Å²) in [7, 11) is -1.70. The molecule has 0 bridgehead atoms. The first-order valence-corrected chi connectivity index (χ1v) is 8.07. The molecule has 104 valence electrons. The number of hydrogen-bond acceptors (Lipinski definition) is 4. The van der Waals surface area contributed by atoms with Crippen molar-refractivity contribution in [2.75, 3.05) is 26.4 Å². The fraction of sp³-hybridized carbons (Fsp3) is 0.400. The summed E-state index contributed by atoms with van der Waals surface area (Å²) < 4.78 is 26.2. The molecule has 0 heterocycles. The molecule has 0 radical (unpaired) electrons. The van der Waals surface area contributed by atoms with Crippen LogP contribution < -0.4 is 10.0 Å². The van der Waals surface area contributed by atoms with Crippen LogP contribution in [0.5, 0.6) is 0 Å². The van der Waals surface area contributed by atoms with E-state index in [2.05, 4.69) is 10.0 Å². The molecule has 0 aromatic heterocycles. The van der Waals surface area contributed by atoms with E-state index in [1.807, 2.05) is 6.26 Å². The smallest absolute Gasteiger partial charge is 0.240 e. The lowest BCUT2D eigenvalue weighted by Gasteiger charge is -2.08. The third-order valence-corrected chi connectivity index (χ3v) is 4.78. The number of halogens is 2. The van der Waals surface area contributed by atoms with Gasteiger partial charge in [0, 0.05) is 18.0 Å². The van der Waals surface area contributed by atoms with E-state index < -0.39 is 10.0 Å². The third kappa shape index (κ3) is 4.95. The monoisotopic (exact) mass is 330 g/mol. The minimum Gasteiger partial charge on any atom is -0.318 e. The van der Waals surface area contributed by atoms with Crippen molar-refractivity contribution in [2.24, 2.45) is 0 Å². The molecule has 0 unspecified atom stereocenters. The van der Waals surface area contributed by atoms with Crippen LogP contribution in [0.1, 0.15) is 0 Å². The van der Waals surface area contributed by atoms with Crippen molar-refractivity contribution in [2.45, 2.75) is 9.79 Å². The van der Waals surface area contributed by atoms with E-state index in [4.69, 9.17) is 11.6 Å². The summed E-state index contributed by atoms with van der Waals surface area (Å²) in [4.78, 5) is 1.05. The van der Waals surface area contributed by atoms with Crippen molar-refractivity contribution in [3.63, 3.8) is 0 Å². The van der Waals surface area contributed by atoms with E-state index in [9.17, 15) is 8.42 Å². The molecule has 0 saturated carbocycles. The van der Waals surface area contributed by atoms with Crippen molar-refractivity contribution in [1.82, 2.24) is 10.0 Å². The fourth-order valence-corrected chi connectivity index (χ4v) is 3.20. The zero-order valence-corrected chi connectivity index (χ0v) is 13.3. The summed E-state index contributed by atoms with van der Waals surface area (Å²) in [5.41, 5.74) is 0. The van der Waals surface area contributed by atoms with Gasteiger partial charge in [0.05, 0.1) is 9.92 Å². The van der Waals surface area contributed by atoms with Crippen LogP contribution in [0, 0.1) is 0 Å². The van der Waals surface area contributed by atoms with E-state index in [1.54, 1.807) is 19.2 Å². The summed E-state index contributed by atoms with van der Waals surface area (Å²) in [5.74, 6) is 0. The molecule has 1 aromatic rings. The van der Waals surface area contributed by atoms with Gasteiger partial charge < -0.3 is 5.32 Å².